The van der Waals surface area contributed by atoms with E-state index in [9.17, 15) is 9.18 Å². The number of hydrogen-bond donors (Lipinski definition) is 1. The van der Waals surface area contributed by atoms with Crippen LogP contribution in [0.2, 0.25) is 0 Å². The summed E-state index contributed by atoms with van der Waals surface area (Å²) in [5.74, 6) is -0.428. The highest BCUT2D eigenvalue weighted by atomic mass is 32.1. The van der Waals surface area contributed by atoms with Gasteiger partial charge in [0.1, 0.15) is 11.5 Å². The highest BCUT2D eigenvalue weighted by Gasteiger charge is 2.11. The van der Waals surface area contributed by atoms with Crippen molar-refractivity contribution >= 4 is 17.1 Å². The maximum atomic E-state index is 13.0. The molecular weight excluding hydrogens is 251 g/mol. The lowest BCUT2D eigenvalue weighted by atomic mass is 10.1. The molecule has 0 aliphatic carbocycles. The van der Waals surface area contributed by atoms with Crippen molar-refractivity contribution in [3.63, 3.8) is 0 Å². The first-order chi connectivity index (χ1) is 8.69. The van der Waals surface area contributed by atoms with Crippen molar-refractivity contribution in [3.05, 3.63) is 51.7 Å². The molecule has 0 spiro atoms. The molecule has 1 aromatic heterocycles. The molecule has 1 heterocycles. The average molecular weight is 264 g/mol. The second-order valence-corrected chi connectivity index (χ2v) is 4.84. The molecule has 0 unspecified atom stereocenters. The maximum absolute atomic E-state index is 13.0. The van der Waals surface area contributed by atoms with Gasteiger partial charge in [0.15, 0.2) is 5.78 Å². The second kappa shape index (κ2) is 5.84. The molecule has 2 N–H and O–H groups in total. The fourth-order valence-electron chi connectivity index (χ4n) is 1.60. The number of ketones is 1. The molecular formula is C13H13FN2OS. The van der Waals surface area contributed by atoms with Gasteiger partial charge in [-0.25, -0.2) is 9.37 Å². The summed E-state index contributed by atoms with van der Waals surface area (Å²) in [5.41, 5.74) is 6.52. The summed E-state index contributed by atoms with van der Waals surface area (Å²) in [5, 5.41) is 2.59. The minimum atomic E-state index is -0.331. The lowest BCUT2D eigenvalue weighted by Gasteiger charge is -1.98. The molecule has 3 nitrogen and oxygen atoms in total. The molecule has 0 saturated carbocycles. The van der Waals surface area contributed by atoms with Gasteiger partial charge < -0.3 is 5.73 Å². The zero-order valence-electron chi connectivity index (χ0n) is 9.73. The summed E-state index contributed by atoms with van der Waals surface area (Å²) in [7, 11) is 0. The third-order valence-corrected chi connectivity index (χ3v) is 3.36. The molecule has 2 aromatic rings. The zero-order chi connectivity index (χ0) is 13.0. The SMILES string of the molecule is NCCc1nc(C(=O)Cc2cccc(F)c2)cs1. The topological polar surface area (TPSA) is 56.0 Å². The molecule has 0 aliphatic rings. The molecule has 5 heteroatoms. The lowest BCUT2D eigenvalue weighted by molar-refractivity contribution is 0.0988. The predicted molar refractivity (Wildman–Crippen MR) is 69.3 cm³/mol. The number of hydrogen-bond acceptors (Lipinski definition) is 4. The molecule has 0 amide bonds. The van der Waals surface area contributed by atoms with Crippen molar-refractivity contribution in [2.75, 3.05) is 6.54 Å². The summed E-state index contributed by atoms with van der Waals surface area (Å²) in [6.07, 6.45) is 0.849. The van der Waals surface area contributed by atoms with Gasteiger partial charge in [-0.05, 0) is 24.2 Å². The average Bonchev–Trinajstić information content (AvgIpc) is 2.78. The van der Waals surface area contributed by atoms with Crippen LogP contribution in [0.15, 0.2) is 29.6 Å². The second-order valence-electron chi connectivity index (χ2n) is 3.90. The van der Waals surface area contributed by atoms with Gasteiger partial charge in [0.05, 0.1) is 5.01 Å². The van der Waals surface area contributed by atoms with Gasteiger partial charge in [-0.3, -0.25) is 4.79 Å². The molecule has 2 rings (SSSR count). The van der Waals surface area contributed by atoms with Gasteiger partial charge in [0, 0.05) is 18.2 Å². The fourth-order valence-corrected chi connectivity index (χ4v) is 2.42. The van der Waals surface area contributed by atoms with Gasteiger partial charge in [-0.2, -0.15) is 0 Å². The predicted octanol–water partition coefficient (Wildman–Crippen LogP) is 2.21. The Morgan fingerprint density at radius 2 is 2.28 bits per heavy atom. The number of Topliss-reactive ketones (excluding diaryl/α,β-unsaturated/α-hetero) is 1. The maximum Gasteiger partial charge on any atom is 0.186 e. The number of carbonyl (C=O) groups excluding carboxylic acids is 1. The molecule has 94 valence electrons. The van der Waals surface area contributed by atoms with E-state index in [4.69, 9.17) is 5.73 Å². The Hall–Kier alpha value is -1.59. The summed E-state index contributed by atoms with van der Waals surface area (Å²) >= 11 is 1.43. The van der Waals surface area contributed by atoms with E-state index in [2.05, 4.69) is 4.98 Å². The van der Waals surface area contributed by atoms with Crippen LogP contribution < -0.4 is 5.73 Å². The quantitative estimate of drug-likeness (QED) is 0.842. The van der Waals surface area contributed by atoms with Gasteiger partial charge >= 0.3 is 0 Å². The van der Waals surface area contributed by atoms with E-state index in [-0.39, 0.29) is 18.0 Å². The van der Waals surface area contributed by atoms with Crippen molar-refractivity contribution in [3.8, 4) is 0 Å². The number of thiazole rings is 1. The number of nitrogens with two attached hydrogens (primary N) is 1. The number of benzene rings is 1. The van der Waals surface area contributed by atoms with E-state index in [1.54, 1.807) is 17.5 Å². The fraction of sp³-hybridized carbons (Fsp3) is 0.231. The van der Waals surface area contributed by atoms with Crippen molar-refractivity contribution < 1.29 is 9.18 Å². The monoisotopic (exact) mass is 264 g/mol. The van der Waals surface area contributed by atoms with Crippen molar-refractivity contribution in [1.82, 2.24) is 4.98 Å². The van der Waals surface area contributed by atoms with Gasteiger partial charge in [0.2, 0.25) is 0 Å². The van der Waals surface area contributed by atoms with E-state index in [1.165, 1.54) is 23.5 Å². The van der Waals surface area contributed by atoms with Crippen LogP contribution in [0, 0.1) is 5.82 Å². The number of carbonyl (C=O) groups is 1. The van der Waals surface area contributed by atoms with Gasteiger partial charge in [0.25, 0.3) is 0 Å². The Morgan fingerprint density at radius 1 is 1.44 bits per heavy atom. The summed E-state index contributed by atoms with van der Waals surface area (Å²) in [6, 6.07) is 6.05. The normalized spacial score (nSPS) is 10.6. The largest absolute Gasteiger partial charge is 0.330 e. The van der Waals surface area contributed by atoms with Gasteiger partial charge in [-0.1, -0.05) is 12.1 Å². The minimum absolute atomic E-state index is 0.0971. The van der Waals surface area contributed by atoms with Crippen LogP contribution in [-0.4, -0.2) is 17.3 Å². The van der Waals surface area contributed by atoms with Crippen LogP contribution >= 0.6 is 11.3 Å². The van der Waals surface area contributed by atoms with E-state index in [0.29, 0.717) is 24.2 Å². The summed E-state index contributed by atoms with van der Waals surface area (Å²) < 4.78 is 13.0. The highest BCUT2D eigenvalue weighted by Crippen LogP contribution is 2.13. The third-order valence-electron chi connectivity index (χ3n) is 2.45. The minimum Gasteiger partial charge on any atom is -0.330 e. The zero-order valence-corrected chi connectivity index (χ0v) is 10.5. The molecule has 18 heavy (non-hydrogen) atoms. The molecule has 1 aromatic carbocycles. The van der Waals surface area contributed by atoms with Crippen molar-refractivity contribution in [2.24, 2.45) is 5.73 Å². The van der Waals surface area contributed by atoms with E-state index in [0.717, 1.165) is 5.01 Å². The lowest BCUT2D eigenvalue weighted by Crippen LogP contribution is -2.06. The van der Waals surface area contributed by atoms with Crippen molar-refractivity contribution in [1.29, 1.82) is 0 Å². The van der Waals surface area contributed by atoms with Crippen LogP contribution in [0.3, 0.4) is 0 Å². The van der Waals surface area contributed by atoms with Crippen LogP contribution in [0.1, 0.15) is 21.1 Å². The summed E-state index contributed by atoms with van der Waals surface area (Å²) in [6.45, 7) is 0.519. The Kier molecular flexibility index (Phi) is 4.17. The first kappa shape index (κ1) is 12.9. The Morgan fingerprint density at radius 3 is 3.00 bits per heavy atom. The Labute approximate surface area is 108 Å². The molecule has 0 bridgehead atoms. The standard InChI is InChI=1S/C13H13FN2OS/c14-10-3-1-2-9(6-10)7-12(17)11-8-18-13(16-11)4-5-15/h1-3,6,8H,4-5,7,15H2. The van der Waals surface area contributed by atoms with E-state index >= 15 is 0 Å². The third kappa shape index (κ3) is 3.21. The Bertz CT molecular complexity index is 553. The number of aromatic nitrogens is 1. The van der Waals surface area contributed by atoms with Crippen LogP contribution in [0.25, 0.3) is 0 Å². The number of halogens is 1. The first-order valence-electron chi connectivity index (χ1n) is 5.61. The summed E-state index contributed by atoms with van der Waals surface area (Å²) in [4.78, 5) is 16.1. The van der Waals surface area contributed by atoms with E-state index in [1.807, 2.05) is 0 Å². The molecule has 0 atom stereocenters. The molecule has 0 saturated heterocycles. The van der Waals surface area contributed by atoms with Crippen LogP contribution in [0.5, 0.6) is 0 Å². The van der Waals surface area contributed by atoms with Crippen molar-refractivity contribution in [2.45, 2.75) is 12.8 Å². The smallest absolute Gasteiger partial charge is 0.186 e. The molecule has 0 fully saturated rings. The van der Waals surface area contributed by atoms with Gasteiger partial charge in [-0.15, -0.1) is 11.3 Å². The highest BCUT2D eigenvalue weighted by molar-refractivity contribution is 7.09. The Balaban J connectivity index is 2.07. The molecule has 0 radical (unpaired) electrons. The van der Waals surface area contributed by atoms with Crippen LogP contribution in [-0.2, 0) is 12.8 Å². The van der Waals surface area contributed by atoms with Crippen LogP contribution in [0.4, 0.5) is 4.39 Å². The first-order valence-corrected chi connectivity index (χ1v) is 6.49. The number of nitrogens with zero attached hydrogens (tertiary/aromatic N) is 1. The number of rotatable bonds is 5. The molecule has 0 aliphatic heterocycles. The van der Waals surface area contributed by atoms with E-state index < -0.39 is 0 Å².